The van der Waals surface area contributed by atoms with Gasteiger partial charge in [-0.05, 0) is 67.7 Å². The maximum atomic E-state index is 13.6. The zero-order valence-electron chi connectivity index (χ0n) is 22.8. The van der Waals surface area contributed by atoms with Gasteiger partial charge >= 0.3 is 0 Å². The SMILES string of the molecule is CN1CCN(c2ccc(C(=O)Nc3n[nH]c4ccc(S(=O)(=O)c5ccccc5)cc34)c(NC(=O)c3ccc[nH]3)c2)CC1. The van der Waals surface area contributed by atoms with Crippen molar-refractivity contribution in [3.63, 3.8) is 0 Å². The number of H-pyrrole nitrogens is 2. The summed E-state index contributed by atoms with van der Waals surface area (Å²) in [7, 11) is -1.70. The molecule has 0 aliphatic carbocycles. The topological polar surface area (TPSA) is 143 Å². The molecule has 1 aliphatic rings. The molecule has 0 spiro atoms. The molecule has 1 aliphatic heterocycles. The van der Waals surface area contributed by atoms with Crippen LogP contribution in [0.15, 0.2) is 94.9 Å². The maximum Gasteiger partial charge on any atom is 0.272 e. The molecule has 1 saturated heterocycles. The van der Waals surface area contributed by atoms with Crippen molar-refractivity contribution in [2.75, 3.05) is 48.8 Å². The number of amides is 2. The Morgan fingerprint density at radius 3 is 2.36 bits per heavy atom. The zero-order chi connectivity index (χ0) is 29.3. The van der Waals surface area contributed by atoms with E-state index < -0.39 is 15.7 Å². The van der Waals surface area contributed by atoms with Crippen LogP contribution in [0, 0.1) is 0 Å². The van der Waals surface area contributed by atoms with Crippen LogP contribution in [-0.2, 0) is 9.84 Å². The second-order valence-corrected chi connectivity index (χ2v) is 12.1. The average Bonchev–Trinajstić information content (AvgIpc) is 3.69. The van der Waals surface area contributed by atoms with Gasteiger partial charge in [-0.3, -0.25) is 14.7 Å². The minimum absolute atomic E-state index is 0.0773. The Morgan fingerprint density at radius 1 is 0.833 bits per heavy atom. The normalized spacial score (nSPS) is 14.2. The van der Waals surface area contributed by atoms with Crippen LogP contribution in [0.4, 0.5) is 17.2 Å². The van der Waals surface area contributed by atoms with Gasteiger partial charge in [-0.1, -0.05) is 18.2 Å². The molecule has 0 saturated carbocycles. The molecule has 0 radical (unpaired) electrons. The summed E-state index contributed by atoms with van der Waals surface area (Å²) in [5.74, 6) is -0.720. The third-order valence-corrected chi connectivity index (χ3v) is 9.10. The highest BCUT2D eigenvalue weighted by Crippen LogP contribution is 2.30. The van der Waals surface area contributed by atoms with Crippen LogP contribution in [0.1, 0.15) is 20.8 Å². The molecule has 3 aromatic carbocycles. The largest absolute Gasteiger partial charge is 0.369 e. The number of likely N-dealkylation sites (N-methyl/N-ethyl adjacent to an activating group) is 1. The second kappa shape index (κ2) is 11.1. The Bertz CT molecular complexity index is 1860. The van der Waals surface area contributed by atoms with Gasteiger partial charge in [0.15, 0.2) is 5.82 Å². The van der Waals surface area contributed by atoms with Crippen LogP contribution >= 0.6 is 0 Å². The summed E-state index contributed by atoms with van der Waals surface area (Å²) in [4.78, 5) is 34.2. The first kappa shape index (κ1) is 27.2. The monoisotopic (exact) mass is 583 g/mol. The Balaban J connectivity index is 1.32. The molecule has 214 valence electrons. The van der Waals surface area contributed by atoms with Crippen molar-refractivity contribution in [2.45, 2.75) is 9.79 Å². The molecule has 3 heterocycles. The van der Waals surface area contributed by atoms with E-state index in [2.05, 4.69) is 42.7 Å². The van der Waals surface area contributed by atoms with E-state index in [9.17, 15) is 18.0 Å². The van der Waals surface area contributed by atoms with Crippen molar-refractivity contribution in [2.24, 2.45) is 0 Å². The molecular formula is C30H29N7O4S. The summed E-state index contributed by atoms with van der Waals surface area (Å²) in [6.07, 6.45) is 1.65. The van der Waals surface area contributed by atoms with Crippen LogP contribution in [0.3, 0.4) is 0 Å². The highest BCUT2D eigenvalue weighted by molar-refractivity contribution is 7.91. The molecule has 0 unspecified atom stereocenters. The molecule has 11 nitrogen and oxygen atoms in total. The average molecular weight is 584 g/mol. The van der Waals surface area contributed by atoms with Gasteiger partial charge in [0.05, 0.1) is 26.6 Å². The molecular weight excluding hydrogens is 554 g/mol. The van der Waals surface area contributed by atoms with Crippen molar-refractivity contribution in [1.29, 1.82) is 0 Å². The first-order valence-corrected chi connectivity index (χ1v) is 14.9. The number of carbonyl (C=O) groups excluding carboxylic acids is 2. The fraction of sp³-hybridized carbons (Fsp3) is 0.167. The molecule has 42 heavy (non-hydrogen) atoms. The molecule has 12 heteroatoms. The number of hydrogen-bond acceptors (Lipinski definition) is 7. The van der Waals surface area contributed by atoms with Crippen LogP contribution in [0.25, 0.3) is 10.9 Å². The van der Waals surface area contributed by atoms with Gasteiger partial charge in [-0.2, -0.15) is 5.10 Å². The Morgan fingerprint density at radius 2 is 1.62 bits per heavy atom. The summed E-state index contributed by atoms with van der Waals surface area (Å²) in [6.45, 7) is 3.44. The molecule has 0 atom stereocenters. The molecule has 5 aromatic rings. The van der Waals surface area contributed by atoms with E-state index >= 15 is 0 Å². The number of rotatable bonds is 7. The Kier molecular flexibility index (Phi) is 7.23. The van der Waals surface area contributed by atoms with E-state index in [0.717, 1.165) is 31.9 Å². The molecule has 1 fully saturated rings. The van der Waals surface area contributed by atoms with Crippen LogP contribution in [0.5, 0.6) is 0 Å². The molecule has 4 N–H and O–H groups in total. The van der Waals surface area contributed by atoms with E-state index in [0.29, 0.717) is 22.3 Å². The van der Waals surface area contributed by atoms with E-state index in [4.69, 9.17) is 0 Å². The molecule has 2 aromatic heterocycles. The summed E-state index contributed by atoms with van der Waals surface area (Å²) >= 11 is 0. The highest BCUT2D eigenvalue weighted by Gasteiger charge is 2.22. The van der Waals surface area contributed by atoms with E-state index in [1.165, 1.54) is 24.3 Å². The van der Waals surface area contributed by atoms with Crippen molar-refractivity contribution in [1.82, 2.24) is 20.1 Å². The van der Waals surface area contributed by atoms with Gasteiger partial charge < -0.3 is 25.4 Å². The number of anilines is 3. The number of piperazine rings is 1. The summed E-state index contributed by atoms with van der Waals surface area (Å²) < 4.78 is 26.4. The first-order valence-electron chi connectivity index (χ1n) is 13.4. The van der Waals surface area contributed by atoms with Crippen molar-refractivity contribution in [3.05, 3.63) is 96.3 Å². The van der Waals surface area contributed by atoms with Crippen molar-refractivity contribution >= 4 is 49.7 Å². The van der Waals surface area contributed by atoms with E-state index in [-0.39, 0.29) is 27.1 Å². The minimum Gasteiger partial charge on any atom is -0.369 e. The molecule has 6 rings (SSSR count). The van der Waals surface area contributed by atoms with Gasteiger partial charge in [0.25, 0.3) is 11.8 Å². The maximum absolute atomic E-state index is 13.6. The lowest BCUT2D eigenvalue weighted by atomic mass is 10.1. The molecule has 0 bridgehead atoms. The number of nitrogens with zero attached hydrogens (tertiary/aromatic N) is 3. The number of fused-ring (bicyclic) bond motifs is 1. The third-order valence-electron chi connectivity index (χ3n) is 7.34. The standard InChI is InChI=1S/C30H29N7O4S/c1-36-14-16-37(17-15-36)20-9-11-23(27(18-20)32-30(39)26-8-5-13-31-26)29(38)33-28-24-19-22(10-12-25(24)34-35-28)42(40,41)21-6-3-2-4-7-21/h2-13,18-19,31H,14-17H2,1H3,(H,32,39)(H2,33,34,35,38). The quantitative estimate of drug-likeness (QED) is 0.227. The van der Waals surface area contributed by atoms with Gasteiger partial charge in [-0.25, -0.2) is 8.42 Å². The fourth-order valence-corrected chi connectivity index (χ4v) is 6.23. The number of nitrogens with one attached hydrogen (secondary N) is 4. The number of aromatic amines is 2. The lowest BCUT2D eigenvalue weighted by Crippen LogP contribution is -2.44. The summed E-state index contributed by atoms with van der Waals surface area (Å²) in [5.41, 5.74) is 2.38. The number of aromatic nitrogens is 3. The third kappa shape index (κ3) is 5.37. The van der Waals surface area contributed by atoms with Crippen LogP contribution < -0.4 is 15.5 Å². The number of sulfone groups is 1. The number of benzene rings is 3. The Hall–Kier alpha value is -4.94. The molecule has 2 amide bonds. The van der Waals surface area contributed by atoms with Gasteiger partial charge in [0.2, 0.25) is 9.84 Å². The van der Waals surface area contributed by atoms with Gasteiger partial charge in [0, 0.05) is 43.4 Å². The van der Waals surface area contributed by atoms with E-state index in [1.807, 2.05) is 6.07 Å². The zero-order valence-corrected chi connectivity index (χ0v) is 23.6. The van der Waals surface area contributed by atoms with Crippen LogP contribution in [-0.4, -0.2) is 73.5 Å². The number of carbonyl (C=O) groups is 2. The summed E-state index contributed by atoms with van der Waals surface area (Å²) in [6, 6.07) is 21.4. The Labute approximate surface area is 242 Å². The first-order chi connectivity index (χ1) is 20.3. The lowest BCUT2D eigenvalue weighted by Gasteiger charge is -2.34. The minimum atomic E-state index is -3.78. The summed E-state index contributed by atoms with van der Waals surface area (Å²) in [5, 5.41) is 13.2. The smallest absolute Gasteiger partial charge is 0.272 e. The van der Waals surface area contributed by atoms with E-state index in [1.54, 1.807) is 54.7 Å². The highest BCUT2D eigenvalue weighted by atomic mass is 32.2. The predicted octanol–water partition coefficient (Wildman–Crippen LogP) is 3.98. The van der Waals surface area contributed by atoms with Gasteiger partial charge in [-0.15, -0.1) is 0 Å². The van der Waals surface area contributed by atoms with Crippen molar-refractivity contribution < 1.29 is 18.0 Å². The van der Waals surface area contributed by atoms with Crippen LogP contribution in [0.2, 0.25) is 0 Å². The number of hydrogen-bond donors (Lipinski definition) is 4. The van der Waals surface area contributed by atoms with Crippen molar-refractivity contribution in [3.8, 4) is 0 Å². The predicted molar refractivity (Wildman–Crippen MR) is 161 cm³/mol. The lowest BCUT2D eigenvalue weighted by molar-refractivity contribution is 0.102. The second-order valence-electron chi connectivity index (χ2n) is 10.1. The fourth-order valence-electron chi connectivity index (χ4n) is 4.92. The van der Waals surface area contributed by atoms with Gasteiger partial charge in [0.1, 0.15) is 5.69 Å².